The van der Waals surface area contributed by atoms with Crippen molar-refractivity contribution in [1.29, 1.82) is 0 Å². The first-order valence-corrected chi connectivity index (χ1v) is 5.41. The SMILES string of the molecule is COc1cc(Cl)nc(OCc2ccccc2)n1. The largest absolute Gasteiger partial charge is 0.481 e. The van der Waals surface area contributed by atoms with Crippen molar-refractivity contribution in [2.45, 2.75) is 6.61 Å². The van der Waals surface area contributed by atoms with Crippen LogP contribution in [0.1, 0.15) is 5.56 Å². The van der Waals surface area contributed by atoms with Gasteiger partial charge < -0.3 is 9.47 Å². The van der Waals surface area contributed by atoms with Crippen LogP contribution in [0.5, 0.6) is 11.9 Å². The van der Waals surface area contributed by atoms with Crippen molar-refractivity contribution in [1.82, 2.24) is 9.97 Å². The average Bonchev–Trinajstić information content (AvgIpc) is 2.37. The van der Waals surface area contributed by atoms with Crippen molar-refractivity contribution >= 4 is 11.6 Å². The highest BCUT2D eigenvalue weighted by Gasteiger charge is 2.04. The van der Waals surface area contributed by atoms with Gasteiger partial charge in [-0.1, -0.05) is 41.9 Å². The Morgan fingerprint density at radius 3 is 2.65 bits per heavy atom. The van der Waals surface area contributed by atoms with Crippen molar-refractivity contribution in [3.05, 3.63) is 47.1 Å². The third-order valence-corrected chi connectivity index (χ3v) is 2.26. The van der Waals surface area contributed by atoms with Crippen molar-refractivity contribution in [2.75, 3.05) is 7.11 Å². The minimum absolute atomic E-state index is 0.207. The summed E-state index contributed by atoms with van der Waals surface area (Å²) >= 11 is 5.80. The van der Waals surface area contributed by atoms with Gasteiger partial charge in [0.1, 0.15) is 11.8 Å². The van der Waals surface area contributed by atoms with Crippen molar-refractivity contribution in [2.24, 2.45) is 0 Å². The Morgan fingerprint density at radius 2 is 1.94 bits per heavy atom. The zero-order valence-electron chi connectivity index (χ0n) is 9.26. The van der Waals surface area contributed by atoms with Crippen LogP contribution in [-0.2, 0) is 6.61 Å². The number of halogens is 1. The molecule has 0 radical (unpaired) electrons. The maximum absolute atomic E-state index is 5.80. The van der Waals surface area contributed by atoms with Crippen LogP contribution >= 0.6 is 11.6 Å². The van der Waals surface area contributed by atoms with Gasteiger partial charge in [-0.2, -0.15) is 9.97 Å². The molecule has 4 nitrogen and oxygen atoms in total. The van der Waals surface area contributed by atoms with Gasteiger partial charge in [0, 0.05) is 6.07 Å². The number of hydrogen-bond donors (Lipinski definition) is 0. The fraction of sp³-hybridized carbons (Fsp3) is 0.167. The quantitative estimate of drug-likeness (QED) is 0.783. The molecule has 0 unspecified atom stereocenters. The first-order chi connectivity index (χ1) is 8.28. The first kappa shape index (κ1) is 11.7. The zero-order chi connectivity index (χ0) is 12.1. The normalized spacial score (nSPS) is 10.0. The topological polar surface area (TPSA) is 44.2 Å². The lowest BCUT2D eigenvalue weighted by molar-refractivity contribution is 0.274. The van der Waals surface area contributed by atoms with Crippen LogP contribution in [0.2, 0.25) is 5.15 Å². The lowest BCUT2D eigenvalue weighted by Crippen LogP contribution is -2.00. The Morgan fingerprint density at radius 1 is 1.18 bits per heavy atom. The van der Waals surface area contributed by atoms with Gasteiger partial charge >= 0.3 is 6.01 Å². The van der Waals surface area contributed by atoms with E-state index < -0.39 is 0 Å². The van der Waals surface area contributed by atoms with Crippen LogP contribution in [0.15, 0.2) is 36.4 Å². The van der Waals surface area contributed by atoms with Gasteiger partial charge in [-0.15, -0.1) is 0 Å². The van der Waals surface area contributed by atoms with E-state index in [2.05, 4.69) is 9.97 Å². The van der Waals surface area contributed by atoms with Gasteiger partial charge in [0.15, 0.2) is 0 Å². The molecule has 0 spiro atoms. The summed E-state index contributed by atoms with van der Waals surface area (Å²) in [4.78, 5) is 7.98. The van der Waals surface area contributed by atoms with Gasteiger partial charge in [-0.25, -0.2) is 0 Å². The smallest absolute Gasteiger partial charge is 0.321 e. The summed E-state index contributed by atoms with van der Waals surface area (Å²) in [7, 11) is 1.51. The second kappa shape index (κ2) is 5.50. The van der Waals surface area contributed by atoms with Crippen LogP contribution in [-0.4, -0.2) is 17.1 Å². The van der Waals surface area contributed by atoms with Crippen molar-refractivity contribution in [3.63, 3.8) is 0 Å². The van der Waals surface area contributed by atoms with Gasteiger partial charge in [-0.3, -0.25) is 0 Å². The lowest BCUT2D eigenvalue weighted by Gasteiger charge is -2.06. The van der Waals surface area contributed by atoms with Crippen LogP contribution in [0, 0.1) is 0 Å². The standard InChI is InChI=1S/C12H11ClN2O2/c1-16-11-7-10(13)14-12(15-11)17-8-9-5-3-2-4-6-9/h2-7H,8H2,1H3. The fourth-order valence-electron chi connectivity index (χ4n) is 1.27. The molecule has 0 N–H and O–H groups in total. The monoisotopic (exact) mass is 250 g/mol. The highest BCUT2D eigenvalue weighted by molar-refractivity contribution is 6.29. The summed E-state index contributed by atoms with van der Waals surface area (Å²) in [5.41, 5.74) is 1.04. The molecule has 17 heavy (non-hydrogen) atoms. The highest BCUT2D eigenvalue weighted by atomic mass is 35.5. The molecule has 0 fully saturated rings. The maximum Gasteiger partial charge on any atom is 0.321 e. The molecule has 0 amide bonds. The summed E-state index contributed by atoms with van der Waals surface area (Å²) in [6.45, 7) is 0.393. The Kier molecular flexibility index (Phi) is 3.77. The molecule has 2 rings (SSSR count). The molecule has 2 aromatic rings. The number of methoxy groups -OCH3 is 1. The molecule has 0 saturated carbocycles. The second-order valence-electron chi connectivity index (χ2n) is 3.29. The van der Waals surface area contributed by atoms with Gasteiger partial charge in [0.05, 0.1) is 7.11 Å². The van der Waals surface area contributed by atoms with E-state index in [4.69, 9.17) is 21.1 Å². The number of nitrogens with zero attached hydrogens (tertiary/aromatic N) is 2. The molecule has 1 aromatic heterocycles. The van der Waals surface area contributed by atoms with E-state index >= 15 is 0 Å². The molecule has 0 aliphatic carbocycles. The third-order valence-electron chi connectivity index (χ3n) is 2.07. The molecule has 88 valence electrons. The molecule has 5 heteroatoms. The van der Waals surface area contributed by atoms with Crippen LogP contribution in [0.4, 0.5) is 0 Å². The molecular formula is C12H11ClN2O2. The molecule has 0 bridgehead atoms. The summed E-state index contributed by atoms with van der Waals surface area (Å²) < 4.78 is 10.4. The Hall–Kier alpha value is -1.81. The Labute approximate surface area is 104 Å². The predicted molar refractivity (Wildman–Crippen MR) is 64.4 cm³/mol. The molecular weight excluding hydrogens is 240 g/mol. The Bertz CT molecular complexity index is 491. The minimum Gasteiger partial charge on any atom is -0.481 e. The number of hydrogen-bond acceptors (Lipinski definition) is 4. The summed E-state index contributed by atoms with van der Waals surface area (Å²) in [5, 5.41) is 0.292. The van der Waals surface area contributed by atoms with E-state index in [0.717, 1.165) is 5.56 Å². The fourth-order valence-corrected chi connectivity index (χ4v) is 1.43. The Balaban J connectivity index is 2.06. The van der Waals surface area contributed by atoms with Crippen molar-refractivity contribution < 1.29 is 9.47 Å². The van der Waals surface area contributed by atoms with Gasteiger partial charge in [-0.05, 0) is 5.56 Å². The summed E-state index contributed by atoms with van der Waals surface area (Å²) in [6.07, 6.45) is 0. The van der Waals surface area contributed by atoms with Crippen LogP contribution < -0.4 is 9.47 Å². The summed E-state index contributed by atoms with van der Waals surface area (Å²) in [5.74, 6) is 0.382. The van der Waals surface area contributed by atoms with E-state index in [0.29, 0.717) is 17.6 Å². The highest BCUT2D eigenvalue weighted by Crippen LogP contribution is 2.17. The molecule has 0 aliphatic rings. The molecule has 1 heterocycles. The summed E-state index contributed by atoms with van der Waals surface area (Å²) in [6, 6.07) is 11.5. The van der Waals surface area contributed by atoms with E-state index in [1.807, 2.05) is 30.3 Å². The van der Waals surface area contributed by atoms with E-state index in [1.165, 1.54) is 13.2 Å². The second-order valence-corrected chi connectivity index (χ2v) is 3.68. The van der Waals surface area contributed by atoms with E-state index in [1.54, 1.807) is 0 Å². The van der Waals surface area contributed by atoms with Crippen LogP contribution in [0.25, 0.3) is 0 Å². The molecule has 0 aliphatic heterocycles. The van der Waals surface area contributed by atoms with Crippen LogP contribution in [0.3, 0.4) is 0 Å². The molecule has 0 atom stereocenters. The van der Waals surface area contributed by atoms with E-state index in [-0.39, 0.29) is 6.01 Å². The van der Waals surface area contributed by atoms with Gasteiger partial charge in [0.2, 0.25) is 5.88 Å². The molecule has 1 aromatic carbocycles. The van der Waals surface area contributed by atoms with Gasteiger partial charge in [0.25, 0.3) is 0 Å². The number of ether oxygens (including phenoxy) is 2. The lowest BCUT2D eigenvalue weighted by atomic mass is 10.2. The zero-order valence-corrected chi connectivity index (χ0v) is 10.0. The van der Waals surface area contributed by atoms with Crippen molar-refractivity contribution in [3.8, 4) is 11.9 Å². The number of rotatable bonds is 4. The average molecular weight is 251 g/mol. The number of aromatic nitrogens is 2. The van der Waals surface area contributed by atoms with E-state index in [9.17, 15) is 0 Å². The minimum atomic E-state index is 0.207. The molecule has 0 saturated heterocycles. The first-order valence-electron chi connectivity index (χ1n) is 5.03. The third kappa shape index (κ3) is 3.32. The number of benzene rings is 1. The maximum atomic E-state index is 5.80. The predicted octanol–water partition coefficient (Wildman–Crippen LogP) is 2.72.